The number of imidazole rings is 1. The highest BCUT2D eigenvalue weighted by Crippen LogP contribution is 2.24. The summed E-state index contributed by atoms with van der Waals surface area (Å²) in [5.74, 6) is 0.464. The first-order chi connectivity index (χ1) is 14.9. The Morgan fingerprint density at radius 3 is 2.65 bits per heavy atom. The summed E-state index contributed by atoms with van der Waals surface area (Å²) in [5, 5.41) is 6.78. The maximum Gasteiger partial charge on any atom is 0.274 e. The van der Waals surface area contributed by atoms with Gasteiger partial charge in [-0.15, -0.1) is 0 Å². The van der Waals surface area contributed by atoms with Crippen LogP contribution in [0.3, 0.4) is 0 Å². The number of alkyl halides is 1. The average molecular weight is 422 g/mol. The summed E-state index contributed by atoms with van der Waals surface area (Å²) >= 11 is 0. The van der Waals surface area contributed by atoms with Crippen LogP contribution in [0.5, 0.6) is 0 Å². The number of carbonyl (C=O) groups excluding carboxylic acids is 1. The summed E-state index contributed by atoms with van der Waals surface area (Å²) in [6, 6.07) is 5.60. The maximum absolute atomic E-state index is 12.9. The van der Waals surface area contributed by atoms with E-state index < -0.39 is 6.17 Å². The fourth-order valence-corrected chi connectivity index (χ4v) is 2.81. The Bertz CT molecular complexity index is 1200. The molecule has 3 heterocycles. The van der Waals surface area contributed by atoms with E-state index in [9.17, 15) is 9.18 Å². The van der Waals surface area contributed by atoms with Crippen molar-refractivity contribution in [1.29, 1.82) is 0 Å². The topological polar surface area (TPSA) is 98.2 Å². The van der Waals surface area contributed by atoms with Crippen LogP contribution < -0.4 is 5.32 Å². The summed E-state index contributed by atoms with van der Waals surface area (Å²) in [5.41, 5.74) is 4.32. The molecule has 0 spiro atoms. The second kappa shape index (κ2) is 8.63. The van der Waals surface area contributed by atoms with E-state index in [0.717, 1.165) is 29.7 Å². The molecule has 0 unspecified atom stereocenters. The first kappa shape index (κ1) is 20.6. The van der Waals surface area contributed by atoms with Gasteiger partial charge in [0.1, 0.15) is 11.9 Å². The molecule has 1 aromatic carbocycles. The third-order valence-electron chi connectivity index (χ3n) is 4.85. The SMILES string of the molecule is Cc1ccc(-c2ncon2)cc1NC(=O)c1cnc2cnc(C(C)C)cn12.FC1CC1. The molecule has 1 amide bonds. The molecule has 0 aliphatic heterocycles. The van der Waals surface area contributed by atoms with Crippen molar-refractivity contribution in [3.8, 4) is 11.4 Å². The van der Waals surface area contributed by atoms with Crippen molar-refractivity contribution < 1.29 is 13.7 Å². The molecular formula is C22H23FN6O2. The van der Waals surface area contributed by atoms with Crippen molar-refractivity contribution in [2.45, 2.75) is 45.7 Å². The molecular weight excluding hydrogens is 399 g/mol. The minimum atomic E-state index is -0.417. The highest BCUT2D eigenvalue weighted by atomic mass is 19.1. The number of halogens is 1. The van der Waals surface area contributed by atoms with Gasteiger partial charge in [-0.3, -0.25) is 14.2 Å². The van der Waals surface area contributed by atoms with Crippen molar-refractivity contribution in [2.75, 3.05) is 5.32 Å². The Balaban J connectivity index is 0.000000520. The molecule has 0 bridgehead atoms. The van der Waals surface area contributed by atoms with Gasteiger partial charge in [0.05, 0.1) is 18.1 Å². The van der Waals surface area contributed by atoms with Gasteiger partial charge in [0.25, 0.3) is 5.91 Å². The van der Waals surface area contributed by atoms with Gasteiger partial charge in [0.2, 0.25) is 12.2 Å². The molecule has 160 valence electrons. The molecule has 31 heavy (non-hydrogen) atoms. The van der Waals surface area contributed by atoms with Crippen LogP contribution in [-0.4, -0.2) is 36.6 Å². The quantitative estimate of drug-likeness (QED) is 0.517. The number of hydrogen-bond acceptors (Lipinski definition) is 6. The highest BCUT2D eigenvalue weighted by Gasteiger charge is 2.18. The van der Waals surface area contributed by atoms with Crippen molar-refractivity contribution in [2.24, 2.45) is 0 Å². The van der Waals surface area contributed by atoms with Gasteiger partial charge in [0.15, 0.2) is 5.65 Å². The van der Waals surface area contributed by atoms with Crippen LogP contribution in [0, 0.1) is 6.92 Å². The van der Waals surface area contributed by atoms with Gasteiger partial charge in [-0.1, -0.05) is 31.1 Å². The molecule has 3 aromatic heterocycles. The number of rotatable bonds is 4. The van der Waals surface area contributed by atoms with E-state index in [1.54, 1.807) is 16.8 Å². The number of aromatic nitrogens is 5. The van der Waals surface area contributed by atoms with Crippen molar-refractivity contribution in [3.05, 3.63) is 60.1 Å². The number of nitrogens with zero attached hydrogens (tertiary/aromatic N) is 5. The van der Waals surface area contributed by atoms with E-state index in [2.05, 4.69) is 39.3 Å². The predicted octanol–water partition coefficient (Wildman–Crippen LogP) is 4.58. The summed E-state index contributed by atoms with van der Waals surface area (Å²) < 4.78 is 17.7. The van der Waals surface area contributed by atoms with E-state index >= 15 is 0 Å². The molecule has 9 heteroatoms. The average Bonchev–Trinajstić information content (AvgIpc) is 3.22. The summed E-state index contributed by atoms with van der Waals surface area (Å²) in [6.07, 6.45) is 7.57. The number of amides is 1. The van der Waals surface area contributed by atoms with E-state index in [1.165, 1.54) is 6.39 Å². The van der Waals surface area contributed by atoms with Gasteiger partial charge < -0.3 is 9.84 Å². The number of carbonyl (C=O) groups is 1. The minimum absolute atomic E-state index is 0.251. The van der Waals surface area contributed by atoms with Crippen LogP contribution in [-0.2, 0) is 0 Å². The van der Waals surface area contributed by atoms with E-state index in [-0.39, 0.29) is 11.8 Å². The van der Waals surface area contributed by atoms with Gasteiger partial charge in [-0.2, -0.15) is 4.98 Å². The summed E-state index contributed by atoms with van der Waals surface area (Å²) in [6.45, 7) is 6.03. The van der Waals surface area contributed by atoms with Gasteiger partial charge in [-0.25, -0.2) is 9.37 Å². The van der Waals surface area contributed by atoms with Crippen molar-refractivity contribution in [1.82, 2.24) is 24.5 Å². The van der Waals surface area contributed by atoms with Gasteiger partial charge in [-0.05, 0) is 37.3 Å². The lowest BCUT2D eigenvalue weighted by molar-refractivity contribution is 0.102. The van der Waals surface area contributed by atoms with Gasteiger partial charge in [0, 0.05) is 17.4 Å². The second-order valence-corrected chi connectivity index (χ2v) is 7.75. The molecule has 1 N–H and O–H groups in total. The largest absolute Gasteiger partial charge is 0.342 e. The zero-order valence-electron chi connectivity index (χ0n) is 17.5. The third kappa shape index (κ3) is 4.76. The molecule has 1 saturated carbocycles. The zero-order valence-corrected chi connectivity index (χ0v) is 17.5. The van der Waals surface area contributed by atoms with E-state index in [1.807, 2.05) is 31.3 Å². The summed E-state index contributed by atoms with van der Waals surface area (Å²) in [7, 11) is 0. The highest BCUT2D eigenvalue weighted by molar-refractivity contribution is 6.04. The Labute approximate surface area is 178 Å². The molecule has 0 atom stereocenters. The fraction of sp³-hybridized carbons (Fsp3) is 0.318. The molecule has 8 nitrogen and oxygen atoms in total. The van der Waals surface area contributed by atoms with Gasteiger partial charge >= 0.3 is 0 Å². The Morgan fingerprint density at radius 1 is 1.23 bits per heavy atom. The standard InChI is InChI=1S/C19H18N6O2.C3H5F/c1-11(2)15-9-25-16(7-21-17(25)8-20-15)19(26)23-14-6-13(5-4-12(14)3)18-22-10-27-24-18;4-3-1-2-3/h4-11H,1-3H3,(H,23,26);3H,1-2H2. The normalized spacial score (nSPS) is 13.2. The third-order valence-corrected chi connectivity index (χ3v) is 4.85. The van der Waals surface area contributed by atoms with Crippen LogP contribution in [0.1, 0.15) is 54.4 Å². The van der Waals surface area contributed by atoms with Crippen molar-refractivity contribution in [3.63, 3.8) is 0 Å². The number of anilines is 1. The Morgan fingerprint density at radius 2 is 2.00 bits per heavy atom. The molecule has 1 aliphatic carbocycles. The Hall–Kier alpha value is -3.62. The Kier molecular flexibility index (Phi) is 5.75. The first-order valence-corrected chi connectivity index (χ1v) is 10.1. The number of benzene rings is 1. The zero-order chi connectivity index (χ0) is 22.0. The lowest BCUT2D eigenvalue weighted by Gasteiger charge is -2.10. The minimum Gasteiger partial charge on any atom is -0.342 e. The lowest BCUT2D eigenvalue weighted by Crippen LogP contribution is -2.15. The first-order valence-electron chi connectivity index (χ1n) is 10.1. The second-order valence-electron chi connectivity index (χ2n) is 7.75. The van der Waals surface area contributed by atoms with Crippen molar-refractivity contribution >= 4 is 17.2 Å². The molecule has 4 aromatic rings. The number of aryl methyl sites for hydroxylation is 1. The molecule has 0 radical (unpaired) electrons. The summed E-state index contributed by atoms with van der Waals surface area (Å²) in [4.78, 5) is 25.6. The fourth-order valence-electron chi connectivity index (χ4n) is 2.81. The van der Waals surface area contributed by atoms with Crippen LogP contribution in [0.2, 0.25) is 0 Å². The smallest absolute Gasteiger partial charge is 0.274 e. The monoisotopic (exact) mass is 422 g/mol. The number of nitrogens with one attached hydrogen (secondary N) is 1. The molecule has 5 rings (SSSR count). The van der Waals surface area contributed by atoms with E-state index in [4.69, 9.17) is 4.52 Å². The van der Waals surface area contributed by atoms with Crippen LogP contribution in [0.4, 0.5) is 10.1 Å². The number of hydrogen-bond donors (Lipinski definition) is 1. The molecule has 1 fully saturated rings. The van der Waals surface area contributed by atoms with Crippen LogP contribution in [0.25, 0.3) is 17.0 Å². The van der Waals surface area contributed by atoms with E-state index in [0.29, 0.717) is 22.9 Å². The number of fused-ring (bicyclic) bond motifs is 1. The predicted molar refractivity (Wildman–Crippen MR) is 114 cm³/mol. The van der Waals surface area contributed by atoms with Crippen LogP contribution in [0.15, 0.2) is 47.7 Å². The van der Waals surface area contributed by atoms with Crippen LogP contribution >= 0.6 is 0 Å². The molecule has 0 saturated heterocycles. The molecule has 1 aliphatic rings. The lowest BCUT2D eigenvalue weighted by atomic mass is 10.1. The maximum atomic E-state index is 12.9.